The fourth-order valence-corrected chi connectivity index (χ4v) is 5.99. The Morgan fingerprint density at radius 1 is 1.03 bits per heavy atom. The SMILES string of the molecule is CN(CCCOc1ccccc1)C1C2CCC1C(OC(=O)C(O)(c1ccccc1)C(C)(C)C)C2. The highest BCUT2D eigenvalue weighted by Gasteiger charge is 2.55. The van der Waals surface area contributed by atoms with E-state index in [2.05, 4.69) is 11.9 Å². The fourth-order valence-electron chi connectivity index (χ4n) is 5.99. The molecule has 5 heteroatoms. The molecule has 5 nitrogen and oxygen atoms in total. The highest BCUT2D eigenvalue weighted by molar-refractivity contribution is 5.82. The smallest absolute Gasteiger partial charge is 0.343 e. The van der Waals surface area contributed by atoms with Crippen LogP contribution in [0.2, 0.25) is 0 Å². The van der Waals surface area contributed by atoms with Gasteiger partial charge in [-0.25, -0.2) is 4.79 Å². The zero-order valence-electron chi connectivity index (χ0n) is 20.9. The third kappa shape index (κ3) is 4.87. The van der Waals surface area contributed by atoms with Gasteiger partial charge in [-0.15, -0.1) is 0 Å². The van der Waals surface area contributed by atoms with Crippen LogP contribution in [-0.4, -0.2) is 48.3 Å². The third-order valence-corrected chi connectivity index (χ3v) is 7.81. The molecule has 0 spiro atoms. The third-order valence-electron chi connectivity index (χ3n) is 7.81. The predicted molar refractivity (Wildman–Crippen MR) is 133 cm³/mol. The molecule has 1 N–H and O–H groups in total. The molecule has 0 heterocycles. The molecule has 34 heavy (non-hydrogen) atoms. The summed E-state index contributed by atoms with van der Waals surface area (Å²) >= 11 is 0. The molecule has 0 aliphatic heterocycles. The van der Waals surface area contributed by atoms with E-state index in [1.165, 1.54) is 6.42 Å². The Morgan fingerprint density at radius 2 is 1.68 bits per heavy atom. The monoisotopic (exact) mass is 465 g/mol. The number of carbonyl (C=O) groups is 1. The second kappa shape index (κ2) is 10.1. The van der Waals surface area contributed by atoms with Gasteiger partial charge in [0.05, 0.1) is 6.61 Å². The minimum absolute atomic E-state index is 0.142. The first kappa shape index (κ1) is 24.7. The van der Waals surface area contributed by atoms with Crippen molar-refractivity contribution in [1.29, 1.82) is 0 Å². The Hall–Kier alpha value is -2.37. The van der Waals surface area contributed by atoms with E-state index in [1.807, 2.05) is 69.3 Å². The Morgan fingerprint density at radius 3 is 2.32 bits per heavy atom. The van der Waals surface area contributed by atoms with Crippen LogP contribution in [0.25, 0.3) is 0 Å². The molecule has 184 valence electrons. The Bertz CT molecular complexity index is 942. The number of para-hydroxylation sites is 1. The van der Waals surface area contributed by atoms with Crippen LogP contribution in [0.1, 0.15) is 52.0 Å². The number of benzene rings is 2. The second-order valence-corrected chi connectivity index (χ2v) is 11.0. The van der Waals surface area contributed by atoms with Crippen LogP contribution >= 0.6 is 0 Å². The number of aliphatic hydroxyl groups is 1. The van der Waals surface area contributed by atoms with Gasteiger partial charge in [-0.1, -0.05) is 69.3 Å². The van der Waals surface area contributed by atoms with E-state index in [9.17, 15) is 9.90 Å². The molecule has 0 amide bonds. The lowest BCUT2D eigenvalue weighted by molar-refractivity contribution is -0.188. The molecule has 0 radical (unpaired) electrons. The van der Waals surface area contributed by atoms with Crippen molar-refractivity contribution in [2.45, 2.75) is 64.2 Å². The average molecular weight is 466 g/mol. The van der Waals surface area contributed by atoms with Crippen LogP contribution in [0.5, 0.6) is 5.75 Å². The number of hydrogen-bond donors (Lipinski definition) is 1. The summed E-state index contributed by atoms with van der Waals surface area (Å²) in [4.78, 5) is 15.9. The topological polar surface area (TPSA) is 59.0 Å². The van der Waals surface area contributed by atoms with Crippen molar-refractivity contribution < 1.29 is 19.4 Å². The van der Waals surface area contributed by atoms with Crippen molar-refractivity contribution >= 4 is 5.97 Å². The highest BCUT2D eigenvalue weighted by atomic mass is 16.6. The lowest BCUT2D eigenvalue weighted by Gasteiger charge is -2.39. The first-order chi connectivity index (χ1) is 16.2. The van der Waals surface area contributed by atoms with E-state index >= 15 is 0 Å². The number of hydrogen-bond acceptors (Lipinski definition) is 5. The number of ether oxygens (including phenoxy) is 2. The van der Waals surface area contributed by atoms with Crippen molar-refractivity contribution in [3.05, 3.63) is 66.2 Å². The van der Waals surface area contributed by atoms with E-state index in [0.29, 0.717) is 30.0 Å². The number of nitrogens with zero attached hydrogens (tertiary/aromatic N) is 1. The first-order valence-corrected chi connectivity index (χ1v) is 12.6. The first-order valence-electron chi connectivity index (χ1n) is 12.6. The minimum atomic E-state index is -1.69. The molecule has 5 atom stereocenters. The van der Waals surface area contributed by atoms with Crippen LogP contribution in [0.4, 0.5) is 0 Å². The maximum absolute atomic E-state index is 13.5. The summed E-state index contributed by atoms with van der Waals surface area (Å²) in [6, 6.07) is 19.5. The molecule has 0 saturated heterocycles. The molecule has 5 unspecified atom stereocenters. The van der Waals surface area contributed by atoms with Crippen LogP contribution in [0.3, 0.4) is 0 Å². The number of carbonyl (C=O) groups excluding carboxylic acids is 1. The summed E-state index contributed by atoms with van der Waals surface area (Å²) < 4.78 is 12.0. The average Bonchev–Trinajstić information content (AvgIpc) is 3.39. The van der Waals surface area contributed by atoms with E-state index in [4.69, 9.17) is 9.47 Å². The molecule has 2 fully saturated rings. The number of fused-ring (bicyclic) bond motifs is 2. The summed E-state index contributed by atoms with van der Waals surface area (Å²) in [6.07, 6.45) is 3.93. The number of esters is 1. The standard InChI is InChI=1S/C29H39NO4/c1-28(2,3)29(32,22-12-7-5-8-13-22)27(31)34-25-20-21-16-17-24(25)26(21)30(4)18-11-19-33-23-14-9-6-10-15-23/h5-10,12-15,21,24-26,32H,11,16-20H2,1-4H3. The van der Waals surface area contributed by atoms with Gasteiger partial charge in [0.1, 0.15) is 11.9 Å². The van der Waals surface area contributed by atoms with Gasteiger partial charge in [-0.2, -0.15) is 0 Å². The normalized spacial score (nSPS) is 25.8. The molecule has 2 bridgehead atoms. The van der Waals surface area contributed by atoms with Crippen molar-refractivity contribution in [1.82, 2.24) is 4.90 Å². The summed E-state index contributed by atoms with van der Waals surface area (Å²) in [7, 11) is 2.18. The Balaban J connectivity index is 1.36. The van der Waals surface area contributed by atoms with Gasteiger partial charge in [0.25, 0.3) is 0 Å². The molecule has 2 aromatic carbocycles. The van der Waals surface area contributed by atoms with Gasteiger partial charge < -0.3 is 19.5 Å². The summed E-state index contributed by atoms with van der Waals surface area (Å²) in [5.41, 5.74) is -1.80. The molecule has 2 aliphatic rings. The summed E-state index contributed by atoms with van der Waals surface area (Å²) in [5.74, 6) is 1.22. The largest absolute Gasteiger partial charge is 0.494 e. The van der Waals surface area contributed by atoms with Gasteiger partial charge in [0.2, 0.25) is 0 Å². The second-order valence-electron chi connectivity index (χ2n) is 11.0. The van der Waals surface area contributed by atoms with Crippen LogP contribution < -0.4 is 4.74 Å². The van der Waals surface area contributed by atoms with Crippen molar-refractivity contribution in [2.24, 2.45) is 17.3 Å². The van der Waals surface area contributed by atoms with Gasteiger partial charge in [-0.3, -0.25) is 0 Å². The molecular weight excluding hydrogens is 426 g/mol. The van der Waals surface area contributed by atoms with Crippen molar-refractivity contribution in [2.75, 3.05) is 20.2 Å². The molecular formula is C29H39NO4. The predicted octanol–water partition coefficient (Wildman–Crippen LogP) is 5.03. The zero-order valence-corrected chi connectivity index (χ0v) is 20.9. The Kier molecular flexibility index (Phi) is 7.34. The van der Waals surface area contributed by atoms with Gasteiger partial charge in [0.15, 0.2) is 5.60 Å². The summed E-state index contributed by atoms with van der Waals surface area (Å²) in [6.45, 7) is 7.29. The van der Waals surface area contributed by atoms with Gasteiger partial charge in [-0.05, 0) is 56.3 Å². The van der Waals surface area contributed by atoms with E-state index < -0.39 is 17.0 Å². The Labute approximate surface area is 204 Å². The lowest BCUT2D eigenvalue weighted by atomic mass is 9.72. The van der Waals surface area contributed by atoms with Crippen LogP contribution in [0.15, 0.2) is 60.7 Å². The molecule has 0 aromatic heterocycles. The highest BCUT2D eigenvalue weighted by Crippen LogP contribution is 2.50. The van der Waals surface area contributed by atoms with Gasteiger partial charge in [0, 0.05) is 23.9 Å². The van der Waals surface area contributed by atoms with E-state index in [-0.39, 0.29) is 6.10 Å². The maximum Gasteiger partial charge on any atom is 0.343 e. The number of rotatable bonds is 9. The van der Waals surface area contributed by atoms with Crippen LogP contribution in [0, 0.1) is 17.3 Å². The molecule has 2 saturated carbocycles. The minimum Gasteiger partial charge on any atom is -0.494 e. The summed E-state index contributed by atoms with van der Waals surface area (Å²) in [5, 5.41) is 11.6. The van der Waals surface area contributed by atoms with Crippen molar-refractivity contribution in [3.63, 3.8) is 0 Å². The molecule has 2 aliphatic carbocycles. The van der Waals surface area contributed by atoms with E-state index in [1.54, 1.807) is 12.1 Å². The van der Waals surface area contributed by atoms with Gasteiger partial charge >= 0.3 is 5.97 Å². The quantitative estimate of drug-likeness (QED) is 0.416. The maximum atomic E-state index is 13.5. The molecule has 2 aromatic rings. The van der Waals surface area contributed by atoms with Crippen molar-refractivity contribution in [3.8, 4) is 5.75 Å². The van der Waals surface area contributed by atoms with E-state index in [0.717, 1.165) is 31.6 Å². The van der Waals surface area contributed by atoms with Crippen LogP contribution in [-0.2, 0) is 15.1 Å². The molecule has 4 rings (SSSR count). The lowest BCUT2D eigenvalue weighted by Crippen LogP contribution is -2.50. The zero-order chi connectivity index (χ0) is 24.3. The fraction of sp³-hybridized carbons (Fsp3) is 0.552.